The number of hydrogen-bond acceptors (Lipinski definition) is 6. The molecule has 42 heavy (non-hydrogen) atoms. The maximum atomic E-state index is 14.8. The van der Waals surface area contributed by atoms with Gasteiger partial charge in [0.1, 0.15) is 5.82 Å². The normalized spacial score (nSPS) is 13.6. The van der Waals surface area contributed by atoms with Gasteiger partial charge in [0, 0.05) is 40.9 Å². The second kappa shape index (κ2) is 10.6. The van der Waals surface area contributed by atoms with Gasteiger partial charge in [0.05, 0.1) is 40.7 Å². The molecule has 212 valence electrons. The summed E-state index contributed by atoms with van der Waals surface area (Å²) in [6.07, 6.45) is 0. The van der Waals surface area contributed by atoms with E-state index < -0.39 is 15.8 Å². The van der Waals surface area contributed by atoms with Crippen molar-refractivity contribution in [2.24, 2.45) is 5.92 Å². The SMILES string of the molecule is [C-]#[N+]c1sccc1-c1c(-c2cc(N3CC(C(=O)OC)C3)ccc2Cl)n(S(=O)(=O)c2ccc(C)cc2)c2ccc(F)cc12. The number of methoxy groups -OCH3 is 1. The number of nitrogens with zero attached hydrogens (tertiary/aromatic N) is 3. The van der Waals surface area contributed by atoms with Crippen molar-refractivity contribution in [3.8, 4) is 22.4 Å². The van der Waals surface area contributed by atoms with Crippen LogP contribution in [0, 0.1) is 25.2 Å². The fourth-order valence-corrected chi connectivity index (χ4v) is 7.72. The maximum absolute atomic E-state index is 14.8. The highest BCUT2D eigenvalue weighted by molar-refractivity contribution is 7.90. The van der Waals surface area contributed by atoms with E-state index >= 15 is 0 Å². The van der Waals surface area contributed by atoms with Crippen LogP contribution in [-0.4, -0.2) is 38.6 Å². The minimum atomic E-state index is -4.24. The number of fused-ring (bicyclic) bond motifs is 1. The Kier molecular flexibility index (Phi) is 7.05. The van der Waals surface area contributed by atoms with E-state index in [2.05, 4.69) is 4.85 Å². The van der Waals surface area contributed by atoms with Crippen molar-refractivity contribution in [3.63, 3.8) is 0 Å². The van der Waals surface area contributed by atoms with Gasteiger partial charge in [-0.05, 0) is 60.8 Å². The van der Waals surface area contributed by atoms with Gasteiger partial charge in [-0.1, -0.05) is 35.4 Å². The highest BCUT2D eigenvalue weighted by atomic mass is 35.5. The van der Waals surface area contributed by atoms with Crippen LogP contribution in [0.25, 0.3) is 38.1 Å². The number of carbonyl (C=O) groups excluding carboxylic acids is 1. The van der Waals surface area contributed by atoms with Gasteiger partial charge in [-0.25, -0.2) is 21.6 Å². The zero-order valence-electron chi connectivity index (χ0n) is 22.5. The van der Waals surface area contributed by atoms with Crippen LogP contribution in [0.15, 0.2) is 77.0 Å². The van der Waals surface area contributed by atoms with Gasteiger partial charge >= 0.3 is 5.97 Å². The molecular weight excluding hydrogens is 597 g/mol. The molecule has 1 aliphatic heterocycles. The molecule has 3 heterocycles. The molecule has 0 N–H and O–H groups in total. The molecule has 5 aromatic rings. The van der Waals surface area contributed by atoms with Crippen molar-refractivity contribution >= 4 is 60.5 Å². The van der Waals surface area contributed by atoms with Crippen LogP contribution in [0.1, 0.15) is 5.56 Å². The third-order valence-corrected chi connectivity index (χ3v) is 10.3. The number of ether oxygens (including phenoxy) is 1. The molecule has 6 rings (SSSR count). The number of anilines is 1. The zero-order valence-corrected chi connectivity index (χ0v) is 24.9. The number of benzene rings is 3. The number of hydrogen-bond donors (Lipinski definition) is 0. The lowest BCUT2D eigenvalue weighted by Crippen LogP contribution is -2.50. The number of thiophene rings is 1. The van der Waals surface area contributed by atoms with E-state index in [9.17, 15) is 17.6 Å². The van der Waals surface area contributed by atoms with Crippen LogP contribution in [0.5, 0.6) is 0 Å². The Hall–Kier alpha value is -4.17. The topological polar surface area (TPSA) is 73.0 Å². The zero-order chi connectivity index (χ0) is 29.8. The molecule has 0 bridgehead atoms. The molecule has 0 saturated carbocycles. The van der Waals surface area contributed by atoms with Crippen molar-refractivity contribution in [1.29, 1.82) is 0 Å². The van der Waals surface area contributed by atoms with E-state index in [1.54, 1.807) is 41.8 Å². The van der Waals surface area contributed by atoms with Gasteiger partial charge in [0.15, 0.2) is 0 Å². The Morgan fingerprint density at radius 3 is 2.50 bits per heavy atom. The Labute approximate surface area is 251 Å². The number of esters is 1. The van der Waals surface area contributed by atoms with Crippen molar-refractivity contribution in [1.82, 2.24) is 3.97 Å². The fourth-order valence-electron chi connectivity index (χ4n) is 5.29. The number of carbonyl (C=O) groups is 1. The Bertz CT molecular complexity index is 2020. The molecule has 1 fully saturated rings. The molecule has 0 amide bonds. The first-order valence-corrected chi connectivity index (χ1v) is 15.6. The Morgan fingerprint density at radius 2 is 1.81 bits per heavy atom. The fraction of sp³-hybridized carbons (Fsp3) is 0.161. The predicted octanol–water partition coefficient (Wildman–Crippen LogP) is 7.53. The minimum absolute atomic E-state index is 0.0498. The molecule has 0 atom stereocenters. The summed E-state index contributed by atoms with van der Waals surface area (Å²) in [6, 6.07) is 17.4. The Balaban J connectivity index is 1.68. The molecule has 11 heteroatoms. The second-order valence-corrected chi connectivity index (χ2v) is 13.1. The summed E-state index contributed by atoms with van der Waals surface area (Å²) in [5.41, 5.74) is 3.35. The van der Waals surface area contributed by atoms with Crippen molar-refractivity contribution < 1.29 is 22.3 Å². The minimum Gasteiger partial charge on any atom is -0.469 e. The maximum Gasteiger partial charge on any atom is 0.312 e. The van der Waals surface area contributed by atoms with Gasteiger partial charge in [-0.15, -0.1) is 0 Å². The molecule has 0 aliphatic carbocycles. The number of aromatic nitrogens is 1. The first kappa shape index (κ1) is 28.0. The summed E-state index contributed by atoms with van der Waals surface area (Å²) in [6.45, 7) is 10.5. The number of aryl methyl sites for hydroxylation is 1. The molecule has 0 radical (unpaired) electrons. The van der Waals surface area contributed by atoms with E-state index in [1.807, 2.05) is 11.8 Å². The van der Waals surface area contributed by atoms with E-state index in [0.29, 0.717) is 40.2 Å². The average molecular weight is 620 g/mol. The Morgan fingerprint density at radius 1 is 1.07 bits per heavy atom. The highest BCUT2D eigenvalue weighted by Crippen LogP contribution is 2.49. The largest absolute Gasteiger partial charge is 0.469 e. The molecule has 1 aliphatic rings. The monoisotopic (exact) mass is 619 g/mol. The quantitative estimate of drug-likeness (QED) is 0.145. The smallest absolute Gasteiger partial charge is 0.312 e. The van der Waals surface area contributed by atoms with Gasteiger partial charge in [0.2, 0.25) is 5.00 Å². The lowest BCUT2D eigenvalue weighted by atomic mass is 9.97. The highest BCUT2D eigenvalue weighted by Gasteiger charge is 2.35. The van der Waals surface area contributed by atoms with E-state index in [-0.39, 0.29) is 33.0 Å². The van der Waals surface area contributed by atoms with Gasteiger partial charge < -0.3 is 9.64 Å². The summed E-state index contributed by atoms with van der Waals surface area (Å²) < 4.78 is 49.7. The second-order valence-electron chi connectivity index (χ2n) is 10.0. The third-order valence-electron chi connectivity index (χ3n) is 7.45. The summed E-state index contributed by atoms with van der Waals surface area (Å²) in [4.78, 5) is 17.7. The van der Waals surface area contributed by atoms with Crippen LogP contribution >= 0.6 is 22.9 Å². The lowest BCUT2D eigenvalue weighted by molar-refractivity contribution is -0.146. The van der Waals surface area contributed by atoms with Crippen LogP contribution in [0.3, 0.4) is 0 Å². The average Bonchev–Trinajstić information content (AvgIpc) is 3.55. The number of rotatable bonds is 6. The summed E-state index contributed by atoms with van der Waals surface area (Å²) >= 11 is 8.03. The van der Waals surface area contributed by atoms with Gasteiger partial charge in [-0.2, -0.15) is 11.3 Å². The van der Waals surface area contributed by atoms with Crippen molar-refractivity contribution in [2.75, 3.05) is 25.1 Å². The third kappa shape index (κ3) is 4.54. The molecular formula is C31H23ClFN3O4S2. The van der Waals surface area contributed by atoms with E-state index in [4.69, 9.17) is 22.9 Å². The molecule has 0 unspecified atom stereocenters. The van der Waals surface area contributed by atoms with Gasteiger partial charge in [0.25, 0.3) is 10.0 Å². The standard InChI is InChI=1S/C31H23ClFN3O4S2/c1-18-4-8-22(9-5-18)42(38,39)36-27-11-6-20(33)14-25(27)28(23-12-13-41-30(23)34-2)29(36)24-15-21(7-10-26(24)32)35-16-19(17-35)31(37)40-3/h4-15,19H,16-17H2,1,3H3. The van der Waals surface area contributed by atoms with E-state index in [1.165, 1.54) is 52.8 Å². The molecule has 7 nitrogen and oxygen atoms in total. The molecule has 0 spiro atoms. The predicted molar refractivity (Wildman–Crippen MR) is 163 cm³/mol. The molecule has 1 saturated heterocycles. The van der Waals surface area contributed by atoms with Crippen molar-refractivity contribution in [2.45, 2.75) is 11.8 Å². The summed E-state index contributed by atoms with van der Waals surface area (Å²) in [5, 5.41) is 2.69. The van der Waals surface area contributed by atoms with Gasteiger partial charge in [-0.3, -0.25) is 4.79 Å². The van der Waals surface area contributed by atoms with Crippen LogP contribution < -0.4 is 4.90 Å². The number of halogens is 2. The first-order valence-electron chi connectivity index (χ1n) is 12.9. The molecule has 3 aromatic carbocycles. The van der Waals surface area contributed by atoms with Crippen LogP contribution in [-0.2, 0) is 19.6 Å². The summed E-state index contributed by atoms with van der Waals surface area (Å²) in [5.74, 6) is -1.11. The van der Waals surface area contributed by atoms with Crippen LogP contribution in [0.4, 0.5) is 15.1 Å². The summed E-state index contributed by atoms with van der Waals surface area (Å²) in [7, 11) is -2.89. The lowest BCUT2D eigenvalue weighted by Gasteiger charge is -2.39. The van der Waals surface area contributed by atoms with Crippen LogP contribution in [0.2, 0.25) is 5.02 Å². The van der Waals surface area contributed by atoms with Crippen molar-refractivity contribution in [3.05, 3.63) is 99.9 Å². The first-order chi connectivity index (χ1) is 20.1. The molecule has 2 aromatic heterocycles. The van der Waals surface area contributed by atoms with E-state index in [0.717, 1.165) is 11.3 Å².